The molecule has 0 radical (unpaired) electrons. The summed E-state index contributed by atoms with van der Waals surface area (Å²) in [6.07, 6.45) is 0. The molecule has 20 heavy (non-hydrogen) atoms. The maximum Gasteiger partial charge on any atom is 0.263 e. The minimum atomic E-state index is -3.82. The lowest BCUT2D eigenvalue weighted by atomic mass is 10.2. The predicted octanol–water partition coefficient (Wildman–Crippen LogP) is 4.35. The van der Waals surface area contributed by atoms with Crippen molar-refractivity contribution in [2.45, 2.75) is 11.8 Å². The van der Waals surface area contributed by atoms with Crippen LogP contribution in [0, 0.1) is 12.7 Å². The summed E-state index contributed by atoms with van der Waals surface area (Å²) >= 11 is 9.14. The van der Waals surface area contributed by atoms with Gasteiger partial charge in [-0.15, -0.1) is 0 Å². The molecule has 0 saturated carbocycles. The van der Waals surface area contributed by atoms with Gasteiger partial charge in [-0.05, 0) is 48.9 Å². The van der Waals surface area contributed by atoms with Crippen molar-refractivity contribution >= 4 is 43.2 Å². The number of benzene rings is 2. The molecular weight excluding hydrogens is 369 g/mol. The second-order valence-electron chi connectivity index (χ2n) is 4.14. The average Bonchev–Trinajstić information content (AvgIpc) is 2.32. The van der Waals surface area contributed by atoms with Crippen molar-refractivity contribution in [3.8, 4) is 0 Å². The molecule has 0 fully saturated rings. The van der Waals surface area contributed by atoms with Crippen LogP contribution in [-0.2, 0) is 10.0 Å². The van der Waals surface area contributed by atoms with Crippen molar-refractivity contribution in [1.82, 2.24) is 0 Å². The van der Waals surface area contributed by atoms with Crippen LogP contribution in [0.2, 0.25) is 5.02 Å². The zero-order valence-corrected chi connectivity index (χ0v) is 13.5. The average molecular weight is 379 g/mol. The maximum absolute atomic E-state index is 13.0. The van der Waals surface area contributed by atoms with Gasteiger partial charge in [0.15, 0.2) is 0 Å². The van der Waals surface area contributed by atoms with Gasteiger partial charge in [0, 0.05) is 4.47 Å². The van der Waals surface area contributed by atoms with Crippen molar-refractivity contribution in [3.05, 3.63) is 57.3 Å². The van der Waals surface area contributed by atoms with Crippen LogP contribution < -0.4 is 4.72 Å². The molecule has 106 valence electrons. The maximum atomic E-state index is 13.0. The third-order valence-corrected chi connectivity index (χ3v) is 4.96. The quantitative estimate of drug-likeness (QED) is 0.863. The number of hydrogen-bond donors (Lipinski definition) is 1. The van der Waals surface area contributed by atoms with E-state index in [2.05, 4.69) is 20.7 Å². The SMILES string of the molecule is Cc1cc(F)ccc1NS(=O)(=O)c1ccc(Br)cc1Cl. The Morgan fingerprint density at radius 3 is 2.50 bits per heavy atom. The molecule has 2 rings (SSSR count). The molecule has 0 amide bonds. The largest absolute Gasteiger partial charge is 0.279 e. The monoisotopic (exact) mass is 377 g/mol. The molecule has 0 atom stereocenters. The van der Waals surface area contributed by atoms with Crippen LogP contribution in [0.15, 0.2) is 45.8 Å². The van der Waals surface area contributed by atoms with E-state index in [4.69, 9.17) is 11.6 Å². The van der Waals surface area contributed by atoms with Gasteiger partial charge in [-0.25, -0.2) is 12.8 Å². The smallest absolute Gasteiger partial charge is 0.263 e. The molecule has 0 saturated heterocycles. The fourth-order valence-electron chi connectivity index (χ4n) is 1.63. The number of hydrogen-bond acceptors (Lipinski definition) is 2. The van der Waals surface area contributed by atoms with Crippen molar-refractivity contribution in [3.63, 3.8) is 0 Å². The molecule has 0 aromatic heterocycles. The van der Waals surface area contributed by atoms with E-state index in [9.17, 15) is 12.8 Å². The van der Waals surface area contributed by atoms with E-state index in [0.717, 1.165) is 0 Å². The number of anilines is 1. The molecule has 1 N–H and O–H groups in total. The van der Waals surface area contributed by atoms with Crippen molar-refractivity contribution in [2.24, 2.45) is 0 Å². The highest BCUT2D eigenvalue weighted by Crippen LogP contribution is 2.27. The van der Waals surface area contributed by atoms with Crippen LogP contribution in [0.3, 0.4) is 0 Å². The van der Waals surface area contributed by atoms with E-state index in [1.807, 2.05) is 0 Å². The van der Waals surface area contributed by atoms with Crippen molar-refractivity contribution in [2.75, 3.05) is 4.72 Å². The van der Waals surface area contributed by atoms with E-state index in [-0.39, 0.29) is 9.92 Å². The van der Waals surface area contributed by atoms with Crippen molar-refractivity contribution in [1.29, 1.82) is 0 Å². The predicted molar refractivity (Wildman–Crippen MR) is 81.1 cm³/mol. The van der Waals surface area contributed by atoms with Gasteiger partial charge in [-0.3, -0.25) is 4.72 Å². The highest BCUT2D eigenvalue weighted by Gasteiger charge is 2.19. The first-order valence-corrected chi connectivity index (χ1v) is 8.19. The minimum absolute atomic E-state index is 0.0360. The second-order valence-corrected chi connectivity index (χ2v) is 7.11. The summed E-state index contributed by atoms with van der Waals surface area (Å²) in [5, 5.41) is 0.103. The molecule has 0 aliphatic carbocycles. The van der Waals surface area contributed by atoms with Gasteiger partial charge < -0.3 is 0 Å². The Morgan fingerprint density at radius 2 is 1.90 bits per heavy atom. The van der Waals surface area contributed by atoms with Gasteiger partial charge in [0.25, 0.3) is 10.0 Å². The molecule has 0 spiro atoms. The highest BCUT2D eigenvalue weighted by atomic mass is 79.9. The molecule has 0 heterocycles. The summed E-state index contributed by atoms with van der Waals surface area (Å²) in [5.74, 6) is -0.424. The molecular formula is C13H10BrClFNO2S. The molecule has 0 unspecified atom stereocenters. The summed E-state index contributed by atoms with van der Waals surface area (Å²) in [6.45, 7) is 1.62. The second kappa shape index (κ2) is 5.71. The molecule has 0 aliphatic heterocycles. The van der Waals surface area contributed by atoms with E-state index in [1.54, 1.807) is 13.0 Å². The molecule has 0 bridgehead atoms. The van der Waals surface area contributed by atoms with Gasteiger partial charge in [0.05, 0.1) is 10.7 Å². The zero-order valence-electron chi connectivity index (χ0n) is 10.3. The Morgan fingerprint density at radius 1 is 1.20 bits per heavy atom. The molecule has 0 aliphatic rings. The number of nitrogens with one attached hydrogen (secondary N) is 1. The first-order chi connectivity index (χ1) is 9.29. The lowest BCUT2D eigenvalue weighted by molar-refractivity contribution is 0.601. The standard InChI is InChI=1S/C13H10BrClFNO2S/c1-8-6-10(16)3-4-12(8)17-20(18,19)13-5-2-9(14)7-11(13)15/h2-7,17H,1H3. The number of rotatable bonds is 3. The van der Waals surface area contributed by atoms with Crippen LogP contribution in [0.5, 0.6) is 0 Å². The number of aryl methyl sites for hydroxylation is 1. The first kappa shape index (κ1) is 15.3. The normalized spacial score (nSPS) is 11.4. The number of halogens is 3. The summed E-state index contributed by atoms with van der Waals surface area (Å²) < 4.78 is 40.6. The Hall–Kier alpha value is -1.11. The topological polar surface area (TPSA) is 46.2 Å². The van der Waals surface area contributed by atoms with Gasteiger partial charge >= 0.3 is 0 Å². The van der Waals surface area contributed by atoms with Crippen LogP contribution >= 0.6 is 27.5 Å². The van der Waals surface area contributed by atoms with E-state index in [0.29, 0.717) is 15.7 Å². The van der Waals surface area contributed by atoms with Crippen LogP contribution in [0.4, 0.5) is 10.1 Å². The van der Waals surface area contributed by atoms with Gasteiger partial charge in [-0.1, -0.05) is 27.5 Å². The van der Waals surface area contributed by atoms with Crippen LogP contribution in [0.25, 0.3) is 0 Å². The van der Waals surface area contributed by atoms with E-state index >= 15 is 0 Å². The first-order valence-electron chi connectivity index (χ1n) is 5.53. The summed E-state index contributed by atoms with van der Waals surface area (Å²) in [5.41, 5.74) is 0.798. The molecule has 2 aromatic carbocycles. The lowest BCUT2D eigenvalue weighted by Gasteiger charge is -2.11. The Balaban J connectivity index is 2.41. The Labute approximate surface area is 130 Å². The van der Waals surface area contributed by atoms with Crippen LogP contribution in [0.1, 0.15) is 5.56 Å². The molecule has 2 aromatic rings. The minimum Gasteiger partial charge on any atom is -0.279 e. The molecule has 3 nitrogen and oxygen atoms in total. The van der Waals surface area contributed by atoms with Crippen LogP contribution in [-0.4, -0.2) is 8.42 Å². The summed E-state index contributed by atoms with van der Waals surface area (Å²) in [7, 11) is -3.82. The van der Waals surface area contributed by atoms with Gasteiger partial charge in [0.2, 0.25) is 0 Å². The third kappa shape index (κ3) is 3.31. The fourth-order valence-corrected chi connectivity index (χ4v) is 3.80. The summed E-state index contributed by atoms with van der Waals surface area (Å²) in [6, 6.07) is 8.28. The lowest BCUT2D eigenvalue weighted by Crippen LogP contribution is -2.14. The third-order valence-electron chi connectivity index (χ3n) is 2.62. The highest BCUT2D eigenvalue weighted by molar-refractivity contribution is 9.10. The molecule has 7 heteroatoms. The zero-order chi connectivity index (χ0) is 14.9. The van der Waals surface area contributed by atoms with E-state index in [1.165, 1.54) is 30.3 Å². The van der Waals surface area contributed by atoms with Gasteiger partial charge in [-0.2, -0.15) is 0 Å². The summed E-state index contributed by atoms with van der Waals surface area (Å²) in [4.78, 5) is -0.0360. The van der Waals surface area contributed by atoms with Gasteiger partial charge in [0.1, 0.15) is 10.7 Å². The van der Waals surface area contributed by atoms with Crippen molar-refractivity contribution < 1.29 is 12.8 Å². The van der Waals surface area contributed by atoms with E-state index < -0.39 is 15.8 Å². The number of sulfonamides is 1. The fraction of sp³-hybridized carbons (Fsp3) is 0.0769. The Kier molecular flexibility index (Phi) is 4.36. The Bertz CT molecular complexity index is 765.